The van der Waals surface area contributed by atoms with Crippen LogP contribution in [-0.2, 0) is 11.4 Å². The largest absolute Gasteiger partial charge is 0.486 e. The highest BCUT2D eigenvalue weighted by molar-refractivity contribution is 6.32. The van der Waals surface area contributed by atoms with Gasteiger partial charge in [0.05, 0.1) is 21.6 Å². The van der Waals surface area contributed by atoms with E-state index in [0.717, 1.165) is 52.8 Å². The van der Waals surface area contributed by atoms with Gasteiger partial charge in [0.2, 0.25) is 5.91 Å². The summed E-state index contributed by atoms with van der Waals surface area (Å²) in [5, 5.41) is 7.75. The molecule has 1 aliphatic rings. The summed E-state index contributed by atoms with van der Waals surface area (Å²) < 4.78 is 5.89. The third-order valence-electron chi connectivity index (χ3n) is 7.47. The maximum atomic E-state index is 13.1. The van der Waals surface area contributed by atoms with E-state index in [9.17, 15) is 4.79 Å². The second-order valence-electron chi connectivity index (χ2n) is 10.4. The molecule has 1 amide bonds. The van der Waals surface area contributed by atoms with Crippen molar-refractivity contribution in [1.82, 2.24) is 19.9 Å². The molecule has 1 saturated heterocycles. The molecule has 216 valence electrons. The molecule has 1 fully saturated rings. The number of carbonyl (C=O) groups is 1. The van der Waals surface area contributed by atoms with Gasteiger partial charge in [-0.3, -0.25) is 14.7 Å². The molecule has 1 unspecified atom stereocenters. The number of carbonyl (C=O) groups excluding carboxylic acids is 1. The summed E-state index contributed by atoms with van der Waals surface area (Å²) in [6.07, 6.45) is 9.05. The first kappa shape index (κ1) is 28.3. The highest BCUT2D eigenvalue weighted by Crippen LogP contribution is 2.39. The number of hydrogen-bond donors (Lipinski definition) is 2. The van der Waals surface area contributed by atoms with Crippen LogP contribution in [0.2, 0.25) is 5.02 Å². The van der Waals surface area contributed by atoms with E-state index in [1.807, 2.05) is 78.9 Å². The molecule has 3 heterocycles. The Kier molecular flexibility index (Phi) is 8.58. The normalized spacial score (nSPS) is 15.2. The fourth-order valence-corrected chi connectivity index (χ4v) is 5.51. The monoisotopic (exact) mass is 590 g/mol. The zero-order valence-electron chi connectivity index (χ0n) is 23.7. The van der Waals surface area contributed by atoms with Gasteiger partial charge < -0.3 is 15.4 Å². The van der Waals surface area contributed by atoms with Crippen LogP contribution < -0.4 is 15.4 Å². The number of anilines is 3. The van der Waals surface area contributed by atoms with Crippen molar-refractivity contribution >= 4 is 45.6 Å². The number of fused-ring (bicyclic) bond motifs is 1. The molecule has 43 heavy (non-hydrogen) atoms. The third kappa shape index (κ3) is 6.66. The van der Waals surface area contributed by atoms with Gasteiger partial charge in [-0.2, -0.15) is 0 Å². The number of rotatable bonds is 9. The SMILES string of the molecule is CN1CCCC1/C=C/C(=O)Nc1ccc2ncnc(Nc3ccc(OCc4ccccn4)c(Cl)c3)c2c1-c1ccccc1. The van der Waals surface area contributed by atoms with Crippen molar-refractivity contribution in [2.75, 3.05) is 24.2 Å². The van der Waals surface area contributed by atoms with Crippen LogP contribution >= 0.6 is 11.6 Å². The molecule has 9 heteroatoms. The Balaban J connectivity index is 1.31. The number of benzene rings is 3. The van der Waals surface area contributed by atoms with Crippen molar-refractivity contribution < 1.29 is 9.53 Å². The van der Waals surface area contributed by atoms with Crippen LogP contribution in [0.15, 0.2) is 104 Å². The Morgan fingerprint density at radius 1 is 1.05 bits per heavy atom. The van der Waals surface area contributed by atoms with Crippen LogP contribution in [0.4, 0.5) is 17.2 Å². The molecule has 0 radical (unpaired) electrons. The van der Waals surface area contributed by atoms with E-state index < -0.39 is 0 Å². The fraction of sp³-hybridized carbons (Fsp3) is 0.176. The molecule has 0 aliphatic carbocycles. The standard InChI is InChI=1S/C34H31ClN6O2/c1-41-19-7-11-26(41)13-17-31(42)40-29-15-14-28-33(32(29)23-8-3-2-4-9-23)34(38-22-37-28)39-24-12-16-30(27(35)20-24)43-21-25-10-5-6-18-36-25/h2-6,8-10,12-18,20,22,26H,7,11,19,21H2,1H3,(H,40,42)(H,37,38,39)/b17-13+. The highest BCUT2D eigenvalue weighted by atomic mass is 35.5. The molecule has 0 spiro atoms. The maximum Gasteiger partial charge on any atom is 0.248 e. The van der Waals surface area contributed by atoms with Crippen molar-refractivity contribution in [1.29, 1.82) is 0 Å². The van der Waals surface area contributed by atoms with Crippen molar-refractivity contribution in [2.45, 2.75) is 25.5 Å². The number of likely N-dealkylation sites (N-methyl/N-ethyl adjacent to an activating group) is 1. The summed E-state index contributed by atoms with van der Waals surface area (Å²) in [5.41, 5.74) is 4.69. The molecule has 3 aromatic carbocycles. The average molecular weight is 591 g/mol. The van der Waals surface area contributed by atoms with Crippen LogP contribution in [0.3, 0.4) is 0 Å². The summed E-state index contributed by atoms with van der Waals surface area (Å²) in [5.74, 6) is 0.954. The average Bonchev–Trinajstić information content (AvgIpc) is 3.45. The number of ether oxygens (including phenoxy) is 1. The van der Waals surface area contributed by atoms with E-state index in [2.05, 4.69) is 37.5 Å². The fourth-order valence-electron chi connectivity index (χ4n) is 5.28. The van der Waals surface area contributed by atoms with Crippen LogP contribution in [0.5, 0.6) is 5.75 Å². The molecule has 5 aromatic rings. The van der Waals surface area contributed by atoms with Crippen LogP contribution in [0, 0.1) is 0 Å². The number of amides is 1. The lowest BCUT2D eigenvalue weighted by Gasteiger charge is -2.17. The quantitative estimate of drug-likeness (QED) is 0.175. The number of hydrogen-bond acceptors (Lipinski definition) is 7. The number of aromatic nitrogens is 3. The van der Waals surface area contributed by atoms with Crippen molar-refractivity contribution in [3.8, 4) is 16.9 Å². The summed E-state index contributed by atoms with van der Waals surface area (Å²) in [6, 6.07) is 25.1. The van der Waals surface area contributed by atoms with E-state index in [4.69, 9.17) is 16.3 Å². The first-order valence-corrected chi connectivity index (χ1v) is 14.5. The van der Waals surface area contributed by atoms with Gasteiger partial charge in [0, 0.05) is 35.3 Å². The van der Waals surface area contributed by atoms with Crippen molar-refractivity contribution in [2.24, 2.45) is 0 Å². The van der Waals surface area contributed by atoms with E-state index in [1.54, 1.807) is 18.3 Å². The summed E-state index contributed by atoms with van der Waals surface area (Å²) in [6.45, 7) is 1.35. The minimum atomic E-state index is -0.184. The molecule has 0 saturated carbocycles. The molecule has 6 rings (SSSR count). The van der Waals surface area contributed by atoms with Gasteiger partial charge in [-0.1, -0.05) is 54.1 Å². The lowest BCUT2D eigenvalue weighted by molar-refractivity contribution is -0.111. The van der Waals surface area contributed by atoms with Gasteiger partial charge >= 0.3 is 0 Å². The van der Waals surface area contributed by atoms with E-state index in [0.29, 0.717) is 28.9 Å². The maximum absolute atomic E-state index is 13.1. The molecular formula is C34H31ClN6O2. The van der Waals surface area contributed by atoms with Crippen LogP contribution in [0.1, 0.15) is 18.5 Å². The smallest absolute Gasteiger partial charge is 0.248 e. The zero-order chi connectivity index (χ0) is 29.6. The predicted octanol–water partition coefficient (Wildman–Crippen LogP) is 7.26. The third-order valence-corrected chi connectivity index (χ3v) is 7.76. The van der Waals surface area contributed by atoms with E-state index >= 15 is 0 Å². The summed E-state index contributed by atoms with van der Waals surface area (Å²) in [7, 11) is 2.08. The molecular weight excluding hydrogens is 560 g/mol. The first-order chi connectivity index (χ1) is 21.0. The number of nitrogens with zero attached hydrogens (tertiary/aromatic N) is 4. The Morgan fingerprint density at radius 3 is 2.67 bits per heavy atom. The molecule has 2 N–H and O–H groups in total. The Labute approximate surface area is 255 Å². The zero-order valence-corrected chi connectivity index (χ0v) is 24.5. The van der Waals surface area contributed by atoms with Gasteiger partial charge in [-0.25, -0.2) is 9.97 Å². The number of likely N-dealkylation sites (tertiary alicyclic amines) is 1. The van der Waals surface area contributed by atoms with Crippen LogP contribution in [0.25, 0.3) is 22.0 Å². The molecule has 1 atom stereocenters. The minimum absolute atomic E-state index is 0.184. The highest BCUT2D eigenvalue weighted by Gasteiger charge is 2.19. The number of nitrogens with one attached hydrogen (secondary N) is 2. The van der Waals surface area contributed by atoms with Gasteiger partial charge in [0.1, 0.15) is 24.5 Å². The molecule has 2 aromatic heterocycles. The molecule has 8 nitrogen and oxygen atoms in total. The lowest BCUT2D eigenvalue weighted by atomic mass is 9.98. The first-order valence-electron chi connectivity index (χ1n) is 14.2. The Morgan fingerprint density at radius 2 is 1.91 bits per heavy atom. The topological polar surface area (TPSA) is 92.3 Å². The lowest BCUT2D eigenvalue weighted by Crippen LogP contribution is -2.23. The summed E-state index contributed by atoms with van der Waals surface area (Å²) in [4.78, 5) is 28.8. The van der Waals surface area contributed by atoms with E-state index in [-0.39, 0.29) is 11.9 Å². The second-order valence-corrected chi connectivity index (χ2v) is 10.8. The molecule has 1 aliphatic heterocycles. The van der Waals surface area contributed by atoms with Crippen LogP contribution in [-0.4, -0.2) is 45.4 Å². The Hall–Kier alpha value is -4.79. The number of pyridine rings is 1. The minimum Gasteiger partial charge on any atom is -0.486 e. The summed E-state index contributed by atoms with van der Waals surface area (Å²) >= 11 is 6.60. The van der Waals surface area contributed by atoms with Gasteiger partial charge in [0.25, 0.3) is 0 Å². The Bertz CT molecular complexity index is 1760. The predicted molar refractivity (Wildman–Crippen MR) is 172 cm³/mol. The second kappa shape index (κ2) is 13.0. The molecule has 0 bridgehead atoms. The van der Waals surface area contributed by atoms with E-state index in [1.165, 1.54) is 6.33 Å². The van der Waals surface area contributed by atoms with Crippen molar-refractivity contribution in [3.05, 3.63) is 114 Å². The van der Waals surface area contributed by atoms with Gasteiger partial charge in [0.15, 0.2) is 0 Å². The van der Waals surface area contributed by atoms with Gasteiger partial charge in [-0.05, 0) is 74.5 Å². The number of halogens is 1. The van der Waals surface area contributed by atoms with Crippen molar-refractivity contribution in [3.63, 3.8) is 0 Å². The van der Waals surface area contributed by atoms with Gasteiger partial charge in [-0.15, -0.1) is 0 Å².